The zero-order chi connectivity index (χ0) is 48.3. The molecule has 0 bridgehead atoms. The molecule has 1 aliphatic carbocycles. The standard InChI is InChI=1S/C71H47NO/c1-4-16-48(17-5-1)49-30-32-50(33-31-49)53-34-35-55-47-60(45-40-54(55)46-53)72(59-43-38-52(39-44-59)62-25-15-29-68-70(62)64-23-11-13-28-67(64)73-68)58-41-36-51(37-42-58)61-24-14-27-66-69(61)63-22-10-12-26-65(63)71(66,56-18-6-2-7-19-56)57-20-8-3-9-21-57/h1-47H. The molecule has 0 aliphatic heterocycles. The fourth-order valence-corrected chi connectivity index (χ4v) is 11.8. The Morgan fingerprint density at radius 1 is 0.288 bits per heavy atom. The normalized spacial score (nSPS) is 12.5. The van der Waals surface area contributed by atoms with Crippen molar-refractivity contribution in [3.8, 4) is 55.6 Å². The molecule has 0 fully saturated rings. The minimum Gasteiger partial charge on any atom is -0.456 e. The highest BCUT2D eigenvalue weighted by Crippen LogP contribution is 2.58. The van der Waals surface area contributed by atoms with Gasteiger partial charge in [-0.25, -0.2) is 0 Å². The van der Waals surface area contributed by atoms with Gasteiger partial charge in [0, 0.05) is 27.8 Å². The number of anilines is 3. The average molecular weight is 930 g/mol. The van der Waals surface area contributed by atoms with E-state index in [4.69, 9.17) is 4.42 Å². The third-order valence-electron chi connectivity index (χ3n) is 15.2. The van der Waals surface area contributed by atoms with Crippen LogP contribution in [0.2, 0.25) is 0 Å². The topological polar surface area (TPSA) is 16.4 Å². The van der Waals surface area contributed by atoms with Crippen molar-refractivity contribution in [1.29, 1.82) is 0 Å². The monoisotopic (exact) mass is 929 g/mol. The molecule has 0 saturated heterocycles. The van der Waals surface area contributed by atoms with Gasteiger partial charge in [-0.05, 0) is 143 Å². The van der Waals surface area contributed by atoms with E-state index in [-0.39, 0.29) is 0 Å². The first kappa shape index (κ1) is 42.4. The Labute approximate surface area is 425 Å². The molecule has 0 amide bonds. The van der Waals surface area contributed by atoms with Crippen LogP contribution in [0.3, 0.4) is 0 Å². The third-order valence-corrected chi connectivity index (χ3v) is 15.2. The smallest absolute Gasteiger partial charge is 0.136 e. The average Bonchev–Trinajstić information content (AvgIpc) is 4.01. The van der Waals surface area contributed by atoms with E-state index in [1.54, 1.807) is 0 Å². The Balaban J connectivity index is 0.875. The van der Waals surface area contributed by atoms with E-state index >= 15 is 0 Å². The number of furan rings is 1. The number of hydrogen-bond donors (Lipinski definition) is 0. The van der Waals surface area contributed by atoms with Crippen LogP contribution in [-0.4, -0.2) is 0 Å². The van der Waals surface area contributed by atoms with E-state index in [9.17, 15) is 0 Å². The predicted molar refractivity (Wildman–Crippen MR) is 305 cm³/mol. The van der Waals surface area contributed by atoms with Crippen molar-refractivity contribution in [1.82, 2.24) is 0 Å². The van der Waals surface area contributed by atoms with Crippen molar-refractivity contribution in [2.24, 2.45) is 0 Å². The minimum absolute atomic E-state index is 0.465. The summed E-state index contributed by atoms with van der Waals surface area (Å²) in [5.41, 5.74) is 21.8. The summed E-state index contributed by atoms with van der Waals surface area (Å²) in [5, 5.41) is 4.64. The van der Waals surface area contributed by atoms with Gasteiger partial charge in [0.25, 0.3) is 0 Å². The molecule has 0 atom stereocenters. The quantitative estimate of drug-likeness (QED) is 0.143. The lowest BCUT2D eigenvalue weighted by Gasteiger charge is -2.34. The second kappa shape index (κ2) is 17.4. The lowest BCUT2D eigenvalue weighted by molar-refractivity contribution is 0.669. The maximum atomic E-state index is 6.31. The molecule has 1 heterocycles. The highest BCUT2D eigenvalue weighted by atomic mass is 16.3. The van der Waals surface area contributed by atoms with Crippen LogP contribution in [0, 0.1) is 0 Å². The molecule has 14 rings (SSSR count). The molecule has 2 heteroatoms. The Morgan fingerprint density at radius 2 is 0.753 bits per heavy atom. The molecule has 0 unspecified atom stereocenters. The summed E-state index contributed by atoms with van der Waals surface area (Å²) >= 11 is 0. The van der Waals surface area contributed by atoms with E-state index < -0.39 is 5.41 Å². The van der Waals surface area contributed by atoms with E-state index in [0.717, 1.165) is 50.1 Å². The number of para-hydroxylation sites is 1. The Bertz CT molecular complexity index is 4120. The number of benzene rings is 12. The van der Waals surface area contributed by atoms with Gasteiger partial charge in [0.15, 0.2) is 0 Å². The molecule has 0 N–H and O–H groups in total. The SMILES string of the molecule is c1ccc(-c2ccc(-c3ccc4cc(N(c5ccc(-c6cccc7c6-c6ccccc6C7(c6ccccc6)c6ccccc6)cc5)c5ccc(-c6cccc7oc8ccccc8c67)cc5)ccc4c3)cc2)cc1. The number of nitrogens with zero attached hydrogens (tertiary/aromatic N) is 1. The van der Waals surface area contributed by atoms with Crippen LogP contribution in [0.25, 0.3) is 88.3 Å². The second-order valence-electron chi connectivity index (χ2n) is 19.2. The molecular weight excluding hydrogens is 883 g/mol. The molecule has 1 aliphatic rings. The van der Waals surface area contributed by atoms with Crippen LogP contribution in [0.5, 0.6) is 0 Å². The zero-order valence-electron chi connectivity index (χ0n) is 40.0. The number of hydrogen-bond acceptors (Lipinski definition) is 2. The van der Waals surface area contributed by atoms with Crippen molar-refractivity contribution in [2.75, 3.05) is 4.90 Å². The van der Waals surface area contributed by atoms with Crippen molar-refractivity contribution in [2.45, 2.75) is 5.41 Å². The minimum atomic E-state index is -0.465. The van der Waals surface area contributed by atoms with Crippen LogP contribution in [0.1, 0.15) is 22.3 Å². The molecular formula is C71H47NO. The van der Waals surface area contributed by atoms with Crippen molar-refractivity contribution < 1.29 is 4.42 Å². The number of rotatable bonds is 9. The molecule has 73 heavy (non-hydrogen) atoms. The van der Waals surface area contributed by atoms with Crippen molar-refractivity contribution >= 4 is 49.8 Å². The second-order valence-corrected chi connectivity index (χ2v) is 19.2. The lowest BCUT2D eigenvalue weighted by atomic mass is 9.67. The van der Waals surface area contributed by atoms with Crippen molar-refractivity contribution in [3.63, 3.8) is 0 Å². The Hall–Kier alpha value is -9.50. The fourth-order valence-electron chi connectivity index (χ4n) is 11.8. The molecule has 0 saturated carbocycles. The maximum absolute atomic E-state index is 6.31. The summed E-state index contributed by atoms with van der Waals surface area (Å²) in [4.78, 5) is 2.39. The molecule has 12 aromatic carbocycles. The van der Waals surface area contributed by atoms with Crippen LogP contribution < -0.4 is 4.90 Å². The summed E-state index contributed by atoms with van der Waals surface area (Å²) in [6.45, 7) is 0. The highest BCUT2D eigenvalue weighted by Gasteiger charge is 2.46. The van der Waals surface area contributed by atoms with Crippen molar-refractivity contribution in [3.05, 3.63) is 307 Å². The van der Waals surface area contributed by atoms with Gasteiger partial charge in [-0.15, -0.1) is 0 Å². The summed E-state index contributed by atoms with van der Waals surface area (Å²) in [6, 6.07) is 104. The summed E-state index contributed by atoms with van der Waals surface area (Å²) in [5.74, 6) is 0. The predicted octanol–water partition coefficient (Wildman–Crippen LogP) is 19.2. The van der Waals surface area contributed by atoms with Gasteiger partial charge in [-0.1, -0.05) is 231 Å². The highest BCUT2D eigenvalue weighted by molar-refractivity contribution is 6.12. The molecule has 1 aromatic heterocycles. The first-order valence-electron chi connectivity index (χ1n) is 25.1. The van der Waals surface area contributed by atoms with Crippen LogP contribution in [-0.2, 0) is 5.41 Å². The fraction of sp³-hybridized carbons (Fsp3) is 0.0141. The van der Waals surface area contributed by atoms with Gasteiger partial charge in [0.1, 0.15) is 11.2 Å². The van der Waals surface area contributed by atoms with Gasteiger partial charge in [0.2, 0.25) is 0 Å². The van der Waals surface area contributed by atoms with Gasteiger partial charge < -0.3 is 9.32 Å². The van der Waals surface area contributed by atoms with Crippen LogP contribution >= 0.6 is 0 Å². The summed E-state index contributed by atoms with van der Waals surface area (Å²) in [6.07, 6.45) is 0. The Morgan fingerprint density at radius 3 is 1.47 bits per heavy atom. The van der Waals surface area contributed by atoms with E-state index in [2.05, 4.69) is 278 Å². The zero-order valence-corrected chi connectivity index (χ0v) is 40.0. The van der Waals surface area contributed by atoms with Gasteiger partial charge in [0.05, 0.1) is 5.41 Å². The molecule has 0 spiro atoms. The van der Waals surface area contributed by atoms with Crippen LogP contribution in [0.4, 0.5) is 17.1 Å². The van der Waals surface area contributed by atoms with Gasteiger partial charge >= 0.3 is 0 Å². The molecule has 13 aromatic rings. The largest absolute Gasteiger partial charge is 0.456 e. The lowest BCUT2D eigenvalue weighted by Crippen LogP contribution is -2.28. The molecule has 0 radical (unpaired) electrons. The maximum Gasteiger partial charge on any atom is 0.136 e. The third kappa shape index (κ3) is 7.02. The van der Waals surface area contributed by atoms with E-state index in [0.29, 0.717) is 0 Å². The summed E-state index contributed by atoms with van der Waals surface area (Å²) < 4.78 is 6.31. The summed E-state index contributed by atoms with van der Waals surface area (Å²) in [7, 11) is 0. The molecule has 2 nitrogen and oxygen atoms in total. The van der Waals surface area contributed by atoms with Gasteiger partial charge in [-0.2, -0.15) is 0 Å². The van der Waals surface area contributed by atoms with E-state index in [1.165, 1.54) is 77.5 Å². The Kier molecular flexibility index (Phi) is 10.1. The van der Waals surface area contributed by atoms with Gasteiger partial charge in [-0.3, -0.25) is 0 Å². The molecule has 342 valence electrons. The number of fused-ring (bicyclic) bond motifs is 7. The van der Waals surface area contributed by atoms with E-state index in [1.807, 2.05) is 12.1 Å². The first-order chi connectivity index (χ1) is 36.2. The first-order valence-corrected chi connectivity index (χ1v) is 25.1. The van der Waals surface area contributed by atoms with Crippen LogP contribution in [0.15, 0.2) is 290 Å².